The number of rotatable bonds is 4. The third kappa shape index (κ3) is 3.97. The molecule has 28 heavy (non-hydrogen) atoms. The zero-order valence-corrected chi connectivity index (χ0v) is 16.3. The first-order chi connectivity index (χ1) is 13.7. The van der Waals surface area contributed by atoms with Crippen molar-refractivity contribution >= 4 is 39.0 Å². The van der Waals surface area contributed by atoms with Crippen molar-refractivity contribution in [3.8, 4) is 11.3 Å². The fraction of sp³-hybridized carbons (Fsp3) is 0. The summed E-state index contributed by atoms with van der Waals surface area (Å²) in [6, 6.07) is 20.9. The van der Waals surface area contributed by atoms with E-state index in [1.165, 1.54) is 0 Å². The fourth-order valence-electron chi connectivity index (χ4n) is 2.81. The highest BCUT2D eigenvalue weighted by Crippen LogP contribution is 2.26. The van der Waals surface area contributed by atoms with Crippen molar-refractivity contribution in [2.45, 2.75) is 0 Å². The molecule has 2 heterocycles. The number of hydrogen-bond donors (Lipinski definition) is 1. The first kappa shape index (κ1) is 18.0. The van der Waals surface area contributed by atoms with Gasteiger partial charge in [0.1, 0.15) is 0 Å². The van der Waals surface area contributed by atoms with Gasteiger partial charge >= 0.3 is 0 Å². The molecule has 136 valence electrons. The number of aromatic nitrogens is 2. The van der Waals surface area contributed by atoms with Crippen molar-refractivity contribution in [1.82, 2.24) is 15.4 Å². The summed E-state index contributed by atoms with van der Waals surface area (Å²) in [6.07, 6.45) is 4.91. The lowest BCUT2D eigenvalue weighted by molar-refractivity contribution is 0.0956. The van der Waals surface area contributed by atoms with Gasteiger partial charge in [-0.25, -0.2) is 10.4 Å². The van der Waals surface area contributed by atoms with Crippen molar-refractivity contribution in [2.75, 3.05) is 0 Å². The van der Waals surface area contributed by atoms with Gasteiger partial charge in [-0.2, -0.15) is 5.10 Å². The van der Waals surface area contributed by atoms with Crippen LogP contribution >= 0.6 is 15.9 Å². The van der Waals surface area contributed by atoms with Crippen LogP contribution in [0.5, 0.6) is 0 Å². The van der Waals surface area contributed by atoms with E-state index < -0.39 is 0 Å². The highest BCUT2D eigenvalue weighted by Gasteiger charge is 2.13. The lowest BCUT2D eigenvalue weighted by Crippen LogP contribution is -2.18. The molecule has 6 heteroatoms. The molecule has 0 saturated carbocycles. The van der Waals surface area contributed by atoms with Crippen molar-refractivity contribution in [1.29, 1.82) is 0 Å². The first-order valence-electron chi connectivity index (χ1n) is 8.60. The highest BCUT2D eigenvalue weighted by molar-refractivity contribution is 9.10. The Kier molecular flexibility index (Phi) is 5.21. The Morgan fingerprint density at radius 2 is 1.86 bits per heavy atom. The van der Waals surface area contributed by atoms with Crippen LogP contribution in [0.4, 0.5) is 0 Å². The van der Waals surface area contributed by atoms with Crippen LogP contribution in [0, 0.1) is 0 Å². The van der Waals surface area contributed by atoms with E-state index in [9.17, 15) is 4.79 Å². The predicted molar refractivity (Wildman–Crippen MR) is 114 cm³/mol. The van der Waals surface area contributed by atoms with Gasteiger partial charge in [0, 0.05) is 33.4 Å². The minimum atomic E-state index is -0.294. The molecule has 0 aliphatic carbocycles. The molecule has 2 aromatic heterocycles. The number of benzene rings is 2. The van der Waals surface area contributed by atoms with Gasteiger partial charge in [0.05, 0.1) is 23.0 Å². The van der Waals surface area contributed by atoms with Crippen LogP contribution in [0.15, 0.2) is 88.7 Å². The molecule has 0 spiro atoms. The summed E-state index contributed by atoms with van der Waals surface area (Å²) in [5, 5.41) is 4.82. The Labute approximate surface area is 170 Å². The second kappa shape index (κ2) is 8.10. The number of nitrogens with zero attached hydrogens (tertiary/aromatic N) is 3. The summed E-state index contributed by atoms with van der Waals surface area (Å²) in [7, 11) is 0. The van der Waals surface area contributed by atoms with E-state index in [1.807, 2.05) is 60.7 Å². The minimum absolute atomic E-state index is 0.294. The summed E-state index contributed by atoms with van der Waals surface area (Å²) in [5.74, 6) is -0.294. The lowest BCUT2D eigenvalue weighted by atomic mass is 10.0. The Morgan fingerprint density at radius 1 is 1.04 bits per heavy atom. The van der Waals surface area contributed by atoms with Crippen molar-refractivity contribution in [3.63, 3.8) is 0 Å². The first-order valence-corrected chi connectivity index (χ1v) is 9.39. The molecule has 5 nitrogen and oxygen atoms in total. The molecule has 0 saturated heterocycles. The Bertz CT molecular complexity index is 1160. The smallest absolute Gasteiger partial charge is 0.267 e. The van der Waals surface area contributed by atoms with Gasteiger partial charge in [0.25, 0.3) is 5.91 Å². The minimum Gasteiger partial charge on any atom is -0.267 e. The molecule has 0 unspecified atom stereocenters. The van der Waals surface area contributed by atoms with Crippen LogP contribution in [0.2, 0.25) is 0 Å². The van der Waals surface area contributed by atoms with E-state index >= 15 is 0 Å². The second-order valence-corrected chi connectivity index (χ2v) is 6.98. The van der Waals surface area contributed by atoms with Gasteiger partial charge in [0.2, 0.25) is 0 Å². The zero-order valence-electron chi connectivity index (χ0n) is 14.7. The van der Waals surface area contributed by atoms with Crippen molar-refractivity contribution < 1.29 is 4.79 Å². The summed E-state index contributed by atoms with van der Waals surface area (Å²) in [4.78, 5) is 21.5. The number of halogens is 1. The molecule has 4 aromatic rings. The summed E-state index contributed by atoms with van der Waals surface area (Å²) < 4.78 is 0.986. The maximum absolute atomic E-state index is 12.8. The van der Waals surface area contributed by atoms with E-state index in [0.717, 1.165) is 32.2 Å². The average molecular weight is 431 g/mol. The van der Waals surface area contributed by atoms with E-state index in [4.69, 9.17) is 4.98 Å². The summed E-state index contributed by atoms with van der Waals surface area (Å²) >= 11 is 3.44. The van der Waals surface area contributed by atoms with Crippen LogP contribution in [-0.4, -0.2) is 22.1 Å². The molecule has 0 bridgehead atoms. The molecule has 2 aromatic carbocycles. The Hall–Kier alpha value is -3.38. The van der Waals surface area contributed by atoms with E-state index in [-0.39, 0.29) is 5.91 Å². The third-order valence-electron chi connectivity index (χ3n) is 4.16. The van der Waals surface area contributed by atoms with Crippen LogP contribution in [0.25, 0.3) is 22.2 Å². The van der Waals surface area contributed by atoms with Gasteiger partial charge in [0.15, 0.2) is 0 Å². The van der Waals surface area contributed by atoms with Crippen molar-refractivity contribution in [2.24, 2.45) is 5.10 Å². The standard InChI is InChI=1S/C22H15BrN4O/c23-17-9-7-16(8-10-17)21-12-19(18-5-1-2-6-20(18)26-21)22(28)27-25-14-15-4-3-11-24-13-15/h1-14H,(H,27,28). The molecule has 1 amide bonds. The van der Waals surface area contributed by atoms with E-state index in [1.54, 1.807) is 24.7 Å². The van der Waals surface area contributed by atoms with Crippen LogP contribution in [0.1, 0.15) is 15.9 Å². The Morgan fingerprint density at radius 3 is 2.64 bits per heavy atom. The number of amides is 1. The largest absolute Gasteiger partial charge is 0.272 e. The summed E-state index contributed by atoms with van der Waals surface area (Å²) in [5.41, 5.74) is 6.33. The van der Waals surface area contributed by atoms with Gasteiger partial charge in [-0.1, -0.05) is 52.3 Å². The number of hydrazone groups is 1. The normalized spacial score (nSPS) is 11.0. The van der Waals surface area contributed by atoms with Gasteiger partial charge in [-0.3, -0.25) is 9.78 Å². The maximum Gasteiger partial charge on any atom is 0.272 e. The quantitative estimate of drug-likeness (QED) is 0.372. The zero-order chi connectivity index (χ0) is 19.3. The highest BCUT2D eigenvalue weighted by atomic mass is 79.9. The number of carbonyl (C=O) groups excluding carboxylic acids is 1. The van der Waals surface area contributed by atoms with Gasteiger partial charge in [-0.15, -0.1) is 0 Å². The molecule has 0 radical (unpaired) electrons. The molecule has 4 rings (SSSR count). The van der Waals surface area contributed by atoms with Crippen LogP contribution in [-0.2, 0) is 0 Å². The van der Waals surface area contributed by atoms with Gasteiger partial charge < -0.3 is 0 Å². The van der Waals surface area contributed by atoms with E-state index in [0.29, 0.717) is 5.56 Å². The van der Waals surface area contributed by atoms with Crippen LogP contribution < -0.4 is 5.43 Å². The molecule has 0 aliphatic rings. The molecular weight excluding hydrogens is 416 g/mol. The molecular formula is C22H15BrN4O. The number of nitrogens with one attached hydrogen (secondary N) is 1. The number of carbonyl (C=O) groups is 1. The number of pyridine rings is 2. The van der Waals surface area contributed by atoms with Crippen LogP contribution in [0.3, 0.4) is 0 Å². The predicted octanol–water partition coefficient (Wildman–Crippen LogP) is 4.82. The number of hydrogen-bond acceptors (Lipinski definition) is 4. The van der Waals surface area contributed by atoms with Crippen molar-refractivity contribution in [3.05, 3.63) is 94.7 Å². The monoisotopic (exact) mass is 430 g/mol. The van der Waals surface area contributed by atoms with Gasteiger partial charge in [-0.05, 0) is 30.3 Å². The van der Waals surface area contributed by atoms with E-state index in [2.05, 4.69) is 31.4 Å². The maximum atomic E-state index is 12.8. The number of fused-ring (bicyclic) bond motifs is 1. The molecule has 0 fully saturated rings. The lowest BCUT2D eigenvalue weighted by Gasteiger charge is -2.09. The number of para-hydroxylation sites is 1. The SMILES string of the molecule is O=C(NN=Cc1cccnc1)c1cc(-c2ccc(Br)cc2)nc2ccccc12. The molecule has 1 N–H and O–H groups in total. The summed E-state index contributed by atoms with van der Waals surface area (Å²) in [6.45, 7) is 0. The fourth-order valence-corrected chi connectivity index (χ4v) is 3.07. The molecule has 0 atom stereocenters. The topological polar surface area (TPSA) is 67.2 Å². The molecule has 0 aliphatic heterocycles. The third-order valence-corrected chi connectivity index (χ3v) is 4.69. The average Bonchev–Trinajstić information content (AvgIpc) is 2.74. The Balaban J connectivity index is 1.69. The second-order valence-electron chi connectivity index (χ2n) is 6.06.